The number of tetrazole rings is 1. The number of halogens is 1. The maximum Gasteiger partial charge on any atom is 0.234 e. The molecule has 134 valence electrons. The highest BCUT2D eigenvalue weighted by atomic mass is 35.5. The zero-order valence-corrected chi connectivity index (χ0v) is 15.6. The van der Waals surface area contributed by atoms with E-state index in [1.165, 1.54) is 11.8 Å². The highest BCUT2D eigenvalue weighted by Gasteiger charge is 2.14. The molecule has 0 aliphatic heterocycles. The topological polar surface area (TPSA) is 72.7 Å². The van der Waals surface area contributed by atoms with Crippen LogP contribution in [0.5, 0.6) is 0 Å². The number of thioether (sulfide) groups is 1. The predicted molar refractivity (Wildman–Crippen MR) is 107 cm³/mol. The second-order valence-corrected chi connectivity index (χ2v) is 7.04. The van der Waals surface area contributed by atoms with E-state index in [9.17, 15) is 4.79 Å². The van der Waals surface area contributed by atoms with Crippen molar-refractivity contribution >= 4 is 45.7 Å². The summed E-state index contributed by atoms with van der Waals surface area (Å²) in [7, 11) is 0. The molecule has 0 spiro atoms. The van der Waals surface area contributed by atoms with Crippen molar-refractivity contribution in [2.75, 3.05) is 11.1 Å². The molecule has 4 rings (SSSR count). The third kappa shape index (κ3) is 3.79. The van der Waals surface area contributed by atoms with Crippen LogP contribution < -0.4 is 5.32 Å². The fourth-order valence-corrected chi connectivity index (χ4v) is 3.56. The quantitative estimate of drug-likeness (QED) is 0.513. The van der Waals surface area contributed by atoms with Gasteiger partial charge in [0.15, 0.2) is 0 Å². The summed E-state index contributed by atoms with van der Waals surface area (Å²) in [6.07, 6.45) is 0. The average Bonchev–Trinajstić information content (AvgIpc) is 3.16. The zero-order valence-electron chi connectivity index (χ0n) is 14.0. The van der Waals surface area contributed by atoms with Gasteiger partial charge in [0.25, 0.3) is 0 Å². The van der Waals surface area contributed by atoms with Crippen molar-refractivity contribution in [3.8, 4) is 5.69 Å². The molecule has 6 nitrogen and oxygen atoms in total. The summed E-state index contributed by atoms with van der Waals surface area (Å²) in [4.78, 5) is 12.3. The molecular weight excluding hydrogens is 382 g/mol. The molecule has 1 amide bonds. The molecule has 0 aliphatic carbocycles. The molecule has 0 saturated carbocycles. The minimum absolute atomic E-state index is 0.163. The smallest absolute Gasteiger partial charge is 0.234 e. The highest BCUT2D eigenvalue weighted by molar-refractivity contribution is 7.99. The first-order chi connectivity index (χ1) is 13.2. The third-order valence-electron chi connectivity index (χ3n) is 3.92. The lowest BCUT2D eigenvalue weighted by atomic mass is 10.1. The molecular formula is C19H14ClN5OS. The van der Waals surface area contributed by atoms with Gasteiger partial charge in [0.05, 0.1) is 22.2 Å². The fraction of sp³-hybridized carbons (Fsp3) is 0.0526. The summed E-state index contributed by atoms with van der Waals surface area (Å²) in [5, 5.41) is 17.9. The summed E-state index contributed by atoms with van der Waals surface area (Å²) in [5.74, 6) is -0.0170. The molecule has 8 heteroatoms. The SMILES string of the molecule is O=C(CSc1nnnn1-c1cccc2ccccc12)Nc1ccccc1Cl. The number of anilines is 1. The van der Waals surface area contributed by atoms with Gasteiger partial charge in [-0.2, -0.15) is 4.68 Å². The van der Waals surface area contributed by atoms with Crippen molar-refractivity contribution in [2.45, 2.75) is 5.16 Å². The molecule has 0 aliphatic rings. The van der Waals surface area contributed by atoms with Gasteiger partial charge in [0.1, 0.15) is 0 Å². The fourth-order valence-electron chi connectivity index (χ4n) is 2.69. The molecule has 0 bridgehead atoms. The molecule has 4 aromatic rings. The van der Waals surface area contributed by atoms with Gasteiger partial charge in [-0.25, -0.2) is 0 Å². The molecule has 0 unspecified atom stereocenters. The monoisotopic (exact) mass is 395 g/mol. The van der Waals surface area contributed by atoms with E-state index in [0.29, 0.717) is 15.9 Å². The number of nitrogens with zero attached hydrogens (tertiary/aromatic N) is 4. The van der Waals surface area contributed by atoms with Crippen LogP contribution in [0.2, 0.25) is 5.02 Å². The van der Waals surface area contributed by atoms with Crippen LogP contribution in [0.1, 0.15) is 0 Å². The van der Waals surface area contributed by atoms with Gasteiger partial charge in [0.2, 0.25) is 11.1 Å². The Bertz CT molecular complexity index is 1110. The van der Waals surface area contributed by atoms with Crippen molar-refractivity contribution in [1.82, 2.24) is 20.2 Å². The van der Waals surface area contributed by atoms with Crippen LogP contribution in [0.25, 0.3) is 16.5 Å². The Morgan fingerprint density at radius 3 is 2.70 bits per heavy atom. The molecule has 0 fully saturated rings. The van der Waals surface area contributed by atoms with E-state index < -0.39 is 0 Å². The minimum Gasteiger partial charge on any atom is -0.324 e. The Balaban J connectivity index is 1.53. The van der Waals surface area contributed by atoms with Gasteiger partial charge >= 0.3 is 0 Å². The van der Waals surface area contributed by atoms with Crippen molar-refractivity contribution in [2.24, 2.45) is 0 Å². The van der Waals surface area contributed by atoms with Gasteiger partial charge < -0.3 is 5.32 Å². The van der Waals surface area contributed by atoms with Crippen LogP contribution in [-0.2, 0) is 4.79 Å². The Labute approximate surface area is 164 Å². The van der Waals surface area contributed by atoms with Crippen molar-refractivity contribution in [3.63, 3.8) is 0 Å². The number of carbonyl (C=O) groups excluding carboxylic acids is 1. The Morgan fingerprint density at radius 2 is 1.81 bits per heavy atom. The number of para-hydroxylation sites is 1. The summed E-state index contributed by atoms with van der Waals surface area (Å²) in [5.41, 5.74) is 1.45. The first-order valence-electron chi connectivity index (χ1n) is 8.16. The zero-order chi connectivity index (χ0) is 18.6. The van der Waals surface area contributed by atoms with Gasteiger partial charge in [-0.3, -0.25) is 4.79 Å². The van der Waals surface area contributed by atoms with E-state index in [-0.39, 0.29) is 11.7 Å². The lowest BCUT2D eigenvalue weighted by molar-refractivity contribution is -0.113. The average molecular weight is 396 g/mol. The lowest BCUT2D eigenvalue weighted by Gasteiger charge is -2.09. The van der Waals surface area contributed by atoms with Crippen LogP contribution in [0, 0.1) is 0 Å². The van der Waals surface area contributed by atoms with E-state index in [2.05, 4.69) is 20.8 Å². The molecule has 0 atom stereocenters. The van der Waals surface area contributed by atoms with Gasteiger partial charge in [-0.05, 0) is 34.0 Å². The Kier molecular flexibility index (Phi) is 5.04. The number of aromatic nitrogens is 4. The van der Waals surface area contributed by atoms with Crippen molar-refractivity contribution in [1.29, 1.82) is 0 Å². The van der Waals surface area contributed by atoms with E-state index in [0.717, 1.165) is 16.5 Å². The van der Waals surface area contributed by atoms with Gasteiger partial charge in [-0.1, -0.05) is 71.9 Å². The highest BCUT2D eigenvalue weighted by Crippen LogP contribution is 2.26. The number of carbonyl (C=O) groups is 1. The summed E-state index contributed by atoms with van der Waals surface area (Å²) in [6, 6.07) is 21.1. The standard InChI is InChI=1S/C19H14ClN5OS/c20-15-9-3-4-10-16(15)21-18(26)12-27-19-22-23-24-25(19)17-11-5-7-13-6-1-2-8-14(13)17/h1-11H,12H2,(H,21,26). The minimum atomic E-state index is -0.180. The molecule has 0 saturated heterocycles. The first-order valence-corrected chi connectivity index (χ1v) is 9.52. The molecule has 1 heterocycles. The summed E-state index contributed by atoms with van der Waals surface area (Å²) in [6.45, 7) is 0. The van der Waals surface area contributed by atoms with Crippen LogP contribution in [0.15, 0.2) is 71.9 Å². The predicted octanol–water partition coefficient (Wildman–Crippen LogP) is 4.20. The van der Waals surface area contributed by atoms with Crippen molar-refractivity contribution in [3.05, 3.63) is 71.8 Å². The molecule has 1 aromatic heterocycles. The molecule has 1 N–H and O–H groups in total. The lowest BCUT2D eigenvalue weighted by Crippen LogP contribution is -2.15. The van der Waals surface area contributed by atoms with Crippen LogP contribution in [0.3, 0.4) is 0 Å². The van der Waals surface area contributed by atoms with Gasteiger partial charge in [0, 0.05) is 5.39 Å². The van der Waals surface area contributed by atoms with E-state index in [1.807, 2.05) is 54.6 Å². The number of amides is 1. The number of hydrogen-bond donors (Lipinski definition) is 1. The number of benzene rings is 3. The normalized spacial score (nSPS) is 10.9. The largest absolute Gasteiger partial charge is 0.324 e. The van der Waals surface area contributed by atoms with E-state index in [4.69, 9.17) is 11.6 Å². The Hall–Kier alpha value is -2.90. The number of nitrogens with one attached hydrogen (secondary N) is 1. The number of rotatable bonds is 5. The van der Waals surface area contributed by atoms with Crippen LogP contribution in [-0.4, -0.2) is 31.9 Å². The van der Waals surface area contributed by atoms with Crippen LogP contribution >= 0.6 is 23.4 Å². The molecule has 0 radical (unpaired) electrons. The van der Waals surface area contributed by atoms with Gasteiger partial charge in [-0.15, -0.1) is 5.10 Å². The van der Waals surface area contributed by atoms with E-state index in [1.54, 1.807) is 16.8 Å². The maximum atomic E-state index is 12.3. The van der Waals surface area contributed by atoms with Crippen molar-refractivity contribution < 1.29 is 4.79 Å². The molecule has 3 aromatic carbocycles. The second kappa shape index (κ2) is 7.77. The summed E-state index contributed by atoms with van der Waals surface area (Å²) >= 11 is 7.33. The third-order valence-corrected chi connectivity index (χ3v) is 5.16. The van der Waals surface area contributed by atoms with E-state index >= 15 is 0 Å². The number of fused-ring (bicyclic) bond motifs is 1. The molecule has 27 heavy (non-hydrogen) atoms. The summed E-state index contributed by atoms with van der Waals surface area (Å²) < 4.78 is 1.65. The first kappa shape index (κ1) is 17.5. The number of hydrogen-bond acceptors (Lipinski definition) is 5. The second-order valence-electron chi connectivity index (χ2n) is 5.69. The Morgan fingerprint density at radius 1 is 1.04 bits per heavy atom. The maximum absolute atomic E-state index is 12.3. The van der Waals surface area contributed by atoms with Crippen LogP contribution in [0.4, 0.5) is 5.69 Å².